The third-order valence-corrected chi connectivity index (χ3v) is 13.1. The molecule has 4 atom stereocenters. The zero-order valence-electron chi connectivity index (χ0n) is 31.9. The number of hydrogen-bond donors (Lipinski definition) is 3. The molecule has 10 rings (SSSR count). The molecule has 2 saturated heterocycles. The van der Waals surface area contributed by atoms with E-state index in [1.165, 1.54) is 19.3 Å². The lowest BCUT2D eigenvalue weighted by Gasteiger charge is -2.56. The van der Waals surface area contributed by atoms with Gasteiger partial charge in [-0.15, -0.1) is 0 Å². The minimum atomic E-state index is -0.540. The molecule has 3 heterocycles. The van der Waals surface area contributed by atoms with E-state index in [1.807, 2.05) is 24.3 Å². The smallest absolute Gasteiger partial charge is 0.315 e. The standard InChI is InChI=1S/C45H54N6O4/c1-30-40(28-50-17-19-51(20-18-50)43-46-15-4-16-47-43)54-42(55-41(30)36-9-7-31(29-52)8-10-36)37-13-11-35(12-14-37)39-6-3-2-5-38(39)27-48-44(53)49-45-24-32-21-33(25-45)23-34(22-32)26-45/h2-16,30,32-34,40-42,52H,17-29H2,1H3,(H2,48,49,53)/t30-,32?,33?,34?,40+,41+,42+,45?/m0/s1. The Morgan fingerprint density at radius 1 is 0.818 bits per heavy atom. The fraction of sp³-hybridized carbons (Fsp3) is 0.489. The summed E-state index contributed by atoms with van der Waals surface area (Å²) in [4.78, 5) is 26.9. The molecule has 2 aliphatic heterocycles. The molecule has 2 amide bonds. The average molecular weight is 743 g/mol. The minimum Gasteiger partial charge on any atom is -0.392 e. The summed E-state index contributed by atoms with van der Waals surface area (Å²) in [5.74, 6) is 3.25. The summed E-state index contributed by atoms with van der Waals surface area (Å²) in [6.45, 7) is 7.02. The molecule has 4 bridgehead atoms. The number of aliphatic hydroxyl groups is 1. The van der Waals surface area contributed by atoms with Gasteiger partial charge in [-0.3, -0.25) is 4.90 Å². The molecule has 1 aromatic heterocycles. The van der Waals surface area contributed by atoms with Crippen LogP contribution in [0.15, 0.2) is 91.3 Å². The first-order valence-electron chi connectivity index (χ1n) is 20.4. The van der Waals surface area contributed by atoms with E-state index in [1.54, 1.807) is 12.4 Å². The molecule has 0 spiro atoms. The highest BCUT2D eigenvalue weighted by Crippen LogP contribution is 2.55. The number of hydrogen-bond acceptors (Lipinski definition) is 8. The average Bonchev–Trinajstić information content (AvgIpc) is 3.21. The second-order valence-corrected chi connectivity index (χ2v) is 16.9. The van der Waals surface area contributed by atoms with Gasteiger partial charge in [-0.05, 0) is 90.2 Å². The van der Waals surface area contributed by atoms with E-state index in [-0.39, 0.29) is 36.3 Å². The molecule has 6 fully saturated rings. The molecule has 288 valence electrons. The van der Waals surface area contributed by atoms with Crippen molar-refractivity contribution in [2.75, 3.05) is 37.6 Å². The molecule has 10 nitrogen and oxygen atoms in total. The first-order chi connectivity index (χ1) is 26.9. The van der Waals surface area contributed by atoms with E-state index >= 15 is 0 Å². The highest BCUT2D eigenvalue weighted by Gasteiger charge is 2.51. The van der Waals surface area contributed by atoms with Gasteiger partial charge >= 0.3 is 6.03 Å². The molecular formula is C45H54N6O4. The number of carbonyl (C=O) groups is 1. The van der Waals surface area contributed by atoms with Gasteiger partial charge in [0.2, 0.25) is 5.95 Å². The van der Waals surface area contributed by atoms with Gasteiger partial charge in [0.25, 0.3) is 0 Å². The van der Waals surface area contributed by atoms with Gasteiger partial charge in [0.05, 0.1) is 18.8 Å². The molecule has 55 heavy (non-hydrogen) atoms. The Morgan fingerprint density at radius 2 is 1.47 bits per heavy atom. The Hall–Kier alpha value is -4.35. The molecular weight excluding hydrogens is 689 g/mol. The van der Waals surface area contributed by atoms with Gasteiger partial charge in [0.15, 0.2) is 6.29 Å². The van der Waals surface area contributed by atoms with Crippen LogP contribution in [0.2, 0.25) is 0 Å². The summed E-state index contributed by atoms with van der Waals surface area (Å²) in [6, 6.07) is 26.7. The third kappa shape index (κ3) is 7.87. The molecule has 0 unspecified atom stereocenters. The van der Waals surface area contributed by atoms with Crippen LogP contribution in [0.3, 0.4) is 0 Å². The lowest BCUT2D eigenvalue weighted by atomic mass is 9.53. The molecule has 10 heteroatoms. The largest absolute Gasteiger partial charge is 0.392 e. The summed E-state index contributed by atoms with van der Waals surface area (Å²) in [7, 11) is 0. The van der Waals surface area contributed by atoms with Gasteiger partial charge in [0, 0.05) is 68.7 Å². The molecule has 3 aromatic carbocycles. The summed E-state index contributed by atoms with van der Waals surface area (Å²) in [5, 5.41) is 16.4. The summed E-state index contributed by atoms with van der Waals surface area (Å²) in [5.41, 5.74) is 6.19. The van der Waals surface area contributed by atoms with Crippen LogP contribution in [0, 0.1) is 23.7 Å². The van der Waals surface area contributed by atoms with Crippen LogP contribution in [0.4, 0.5) is 10.7 Å². The lowest BCUT2D eigenvalue weighted by molar-refractivity contribution is -0.276. The number of aliphatic hydroxyl groups excluding tert-OH is 1. The van der Waals surface area contributed by atoms with Crippen LogP contribution in [-0.4, -0.2) is 70.4 Å². The van der Waals surface area contributed by atoms with Crippen molar-refractivity contribution < 1.29 is 19.4 Å². The molecule has 4 aliphatic carbocycles. The number of piperazine rings is 1. The predicted molar refractivity (Wildman–Crippen MR) is 212 cm³/mol. The maximum absolute atomic E-state index is 13.3. The number of carbonyl (C=O) groups excluding carboxylic acids is 1. The zero-order chi connectivity index (χ0) is 37.4. The molecule has 3 N–H and O–H groups in total. The van der Waals surface area contributed by atoms with Gasteiger partial charge in [0.1, 0.15) is 0 Å². The fourth-order valence-electron chi connectivity index (χ4n) is 10.7. The maximum atomic E-state index is 13.3. The maximum Gasteiger partial charge on any atom is 0.315 e. The Labute approximate surface area is 324 Å². The zero-order valence-corrected chi connectivity index (χ0v) is 31.9. The number of rotatable bonds is 10. The van der Waals surface area contributed by atoms with Crippen molar-refractivity contribution in [3.8, 4) is 11.1 Å². The van der Waals surface area contributed by atoms with Crippen molar-refractivity contribution in [2.45, 2.75) is 82.6 Å². The predicted octanol–water partition coefficient (Wildman–Crippen LogP) is 7.02. The first kappa shape index (κ1) is 36.3. The first-order valence-corrected chi connectivity index (χ1v) is 20.4. The SMILES string of the molecule is C[C@H]1[C@@H](CN2CCN(c3ncccn3)CC2)O[C@@H](c2ccc(-c3ccccc3CNC(=O)NC34CC5CC(CC(C5)C3)C4)cc2)O[C@H]1c1ccc(CO)cc1. The van der Waals surface area contributed by atoms with Crippen molar-refractivity contribution >= 4 is 12.0 Å². The van der Waals surface area contributed by atoms with Crippen molar-refractivity contribution in [1.29, 1.82) is 0 Å². The monoisotopic (exact) mass is 742 g/mol. The number of ether oxygens (including phenoxy) is 2. The van der Waals surface area contributed by atoms with Crippen LogP contribution in [-0.2, 0) is 22.6 Å². The number of nitrogens with one attached hydrogen (secondary N) is 2. The normalized spacial score (nSPS) is 30.3. The number of anilines is 1. The topological polar surface area (TPSA) is 112 Å². The summed E-state index contributed by atoms with van der Waals surface area (Å²) in [6.07, 6.45) is 10.3. The van der Waals surface area contributed by atoms with E-state index in [4.69, 9.17) is 9.47 Å². The number of aromatic nitrogens is 2. The van der Waals surface area contributed by atoms with E-state index in [9.17, 15) is 9.90 Å². The van der Waals surface area contributed by atoms with Crippen LogP contribution in [0.25, 0.3) is 11.1 Å². The number of nitrogens with zero attached hydrogens (tertiary/aromatic N) is 4. The molecule has 4 saturated carbocycles. The number of urea groups is 1. The molecule has 4 aromatic rings. The van der Waals surface area contributed by atoms with E-state index in [2.05, 4.69) is 91.9 Å². The second-order valence-electron chi connectivity index (χ2n) is 16.9. The summed E-state index contributed by atoms with van der Waals surface area (Å²) >= 11 is 0. The van der Waals surface area contributed by atoms with Crippen molar-refractivity contribution in [1.82, 2.24) is 25.5 Å². The van der Waals surface area contributed by atoms with E-state index in [0.29, 0.717) is 6.54 Å². The van der Waals surface area contributed by atoms with Crippen molar-refractivity contribution in [3.05, 3.63) is 114 Å². The highest BCUT2D eigenvalue weighted by atomic mass is 16.7. The van der Waals surface area contributed by atoms with Crippen LogP contribution < -0.4 is 15.5 Å². The Kier molecular flexibility index (Phi) is 10.3. The quantitative estimate of drug-likeness (QED) is 0.159. The molecule has 0 radical (unpaired) electrons. The van der Waals surface area contributed by atoms with Gasteiger partial charge < -0.3 is 30.1 Å². The second kappa shape index (κ2) is 15.7. The van der Waals surface area contributed by atoms with Crippen LogP contribution in [0.1, 0.15) is 80.1 Å². The van der Waals surface area contributed by atoms with Gasteiger partial charge in [-0.25, -0.2) is 14.8 Å². The van der Waals surface area contributed by atoms with Crippen LogP contribution in [0.5, 0.6) is 0 Å². The highest BCUT2D eigenvalue weighted by molar-refractivity contribution is 5.76. The van der Waals surface area contributed by atoms with Gasteiger partial charge in [-0.2, -0.15) is 0 Å². The van der Waals surface area contributed by atoms with E-state index in [0.717, 1.165) is 109 Å². The lowest BCUT2D eigenvalue weighted by Crippen LogP contribution is -2.61. The third-order valence-electron chi connectivity index (χ3n) is 13.1. The number of benzene rings is 3. The van der Waals surface area contributed by atoms with Gasteiger partial charge in [-0.1, -0.05) is 79.7 Å². The molecule has 6 aliphatic rings. The number of amides is 2. The Bertz CT molecular complexity index is 1880. The van der Waals surface area contributed by atoms with Crippen LogP contribution >= 0.6 is 0 Å². The van der Waals surface area contributed by atoms with Crippen molar-refractivity contribution in [3.63, 3.8) is 0 Å². The van der Waals surface area contributed by atoms with E-state index < -0.39 is 6.29 Å². The Morgan fingerprint density at radius 3 is 2.15 bits per heavy atom. The van der Waals surface area contributed by atoms with Crippen molar-refractivity contribution in [2.24, 2.45) is 23.7 Å². The Balaban J connectivity index is 0.881. The minimum absolute atomic E-state index is 0.0102. The fourth-order valence-corrected chi connectivity index (χ4v) is 10.7. The summed E-state index contributed by atoms with van der Waals surface area (Å²) < 4.78 is 13.6.